The molecule has 0 radical (unpaired) electrons. The highest BCUT2D eigenvalue weighted by atomic mass is 32.1. The van der Waals surface area contributed by atoms with Gasteiger partial charge in [-0.3, -0.25) is 4.98 Å². The van der Waals surface area contributed by atoms with Crippen LogP contribution in [0, 0.1) is 12.8 Å². The van der Waals surface area contributed by atoms with E-state index in [0.29, 0.717) is 6.61 Å². The van der Waals surface area contributed by atoms with Gasteiger partial charge in [0.25, 0.3) is 0 Å². The molecule has 3 rings (SSSR count). The predicted molar refractivity (Wildman–Crippen MR) is 84.3 cm³/mol. The first-order valence-electron chi connectivity index (χ1n) is 7.63. The lowest BCUT2D eigenvalue weighted by atomic mass is 9.99. The molecule has 5 nitrogen and oxygen atoms in total. The molecule has 1 atom stereocenters. The van der Waals surface area contributed by atoms with Crippen molar-refractivity contribution in [3.05, 3.63) is 29.0 Å². The summed E-state index contributed by atoms with van der Waals surface area (Å²) in [7, 11) is 0. The van der Waals surface area contributed by atoms with E-state index in [2.05, 4.69) is 20.1 Å². The van der Waals surface area contributed by atoms with Crippen molar-refractivity contribution in [3.63, 3.8) is 0 Å². The van der Waals surface area contributed by atoms with E-state index < -0.39 is 11.9 Å². The summed E-state index contributed by atoms with van der Waals surface area (Å²) >= 11 is 1.55. The van der Waals surface area contributed by atoms with Crippen LogP contribution in [-0.2, 0) is 6.18 Å². The molecule has 24 heavy (non-hydrogen) atoms. The topological polar surface area (TPSA) is 51.1 Å². The van der Waals surface area contributed by atoms with Crippen molar-refractivity contribution in [3.8, 4) is 5.75 Å². The predicted octanol–water partition coefficient (Wildman–Crippen LogP) is 3.56. The first-order valence-corrected chi connectivity index (χ1v) is 8.44. The number of hydrogen-bond acceptors (Lipinski definition) is 6. The van der Waals surface area contributed by atoms with Crippen LogP contribution in [0.3, 0.4) is 0 Å². The van der Waals surface area contributed by atoms with E-state index in [9.17, 15) is 13.2 Å². The Labute approximate surface area is 141 Å². The fraction of sp³-hybridized carbons (Fsp3) is 0.533. The summed E-state index contributed by atoms with van der Waals surface area (Å²) in [6.45, 7) is 3.97. The SMILES string of the molecule is Cc1nnc(N2CCCC(COc3ccnc(C(F)(F)F)c3)C2)s1. The molecule has 0 N–H and O–H groups in total. The van der Waals surface area contributed by atoms with Gasteiger partial charge in [0.1, 0.15) is 16.5 Å². The largest absolute Gasteiger partial charge is 0.493 e. The number of hydrogen-bond donors (Lipinski definition) is 0. The zero-order valence-corrected chi connectivity index (χ0v) is 13.9. The van der Waals surface area contributed by atoms with E-state index in [1.165, 1.54) is 6.07 Å². The molecule has 1 saturated heterocycles. The molecule has 0 saturated carbocycles. The van der Waals surface area contributed by atoms with Gasteiger partial charge in [-0.05, 0) is 25.8 Å². The average Bonchev–Trinajstić information content (AvgIpc) is 2.99. The fourth-order valence-electron chi connectivity index (χ4n) is 2.66. The number of rotatable bonds is 4. The van der Waals surface area contributed by atoms with Crippen LogP contribution >= 0.6 is 11.3 Å². The number of aromatic nitrogens is 3. The van der Waals surface area contributed by atoms with Crippen molar-refractivity contribution < 1.29 is 17.9 Å². The molecule has 2 aromatic rings. The lowest BCUT2D eigenvalue weighted by Crippen LogP contribution is -2.37. The normalized spacial score (nSPS) is 18.7. The third-order valence-electron chi connectivity index (χ3n) is 3.81. The fourth-order valence-corrected chi connectivity index (χ4v) is 3.38. The third kappa shape index (κ3) is 4.14. The number of ether oxygens (including phenoxy) is 1. The minimum absolute atomic E-state index is 0.196. The molecule has 1 aliphatic heterocycles. The van der Waals surface area contributed by atoms with Crippen LogP contribution in [0.25, 0.3) is 0 Å². The van der Waals surface area contributed by atoms with Gasteiger partial charge < -0.3 is 9.64 Å². The van der Waals surface area contributed by atoms with E-state index >= 15 is 0 Å². The highest BCUT2D eigenvalue weighted by molar-refractivity contribution is 7.15. The summed E-state index contributed by atoms with van der Waals surface area (Å²) in [4.78, 5) is 5.49. The van der Waals surface area contributed by atoms with Gasteiger partial charge in [0.05, 0.1) is 6.61 Å². The number of pyridine rings is 1. The Hall–Kier alpha value is -1.90. The van der Waals surface area contributed by atoms with E-state index in [0.717, 1.165) is 48.3 Å². The molecule has 9 heteroatoms. The summed E-state index contributed by atoms with van der Waals surface area (Å²) in [5.74, 6) is 0.437. The molecule has 0 amide bonds. The number of alkyl halides is 3. The van der Waals surface area contributed by atoms with Crippen molar-refractivity contribution >= 4 is 16.5 Å². The minimum Gasteiger partial charge on any atom is -0.493 e. The lowest BCUT2D eigenvalue weighted by Gasteiger charge is -2.32. The first-order chi connectivity index (χ1) is 11.4. The molecule has 2 aromatic heterocycles. The van der Waals surface area contributed by atoms with Crippen molar-refractivity contribution in [2.75, 3.05) is 24.6 Å². The van der Waals surface area contributed by atoms with Crippen molar-refractivity contribution in [1.82, 2.24) is 15.2 Å². The Kier molecular flexibility index (Phi) is 4.88. The van der Waals surface area contributed by atoms with Crippen LogP contribution in [0.5, 0.6) is 5.75 Å². The second-order valence-electron chi connectivity index (χ2n) is 5.74. The maximum atomic E-state index is 12.7. The summed E-state index contributed by atoms with van der Waals surface area (Å²) in [5, 5.41) is 9.98. The molecule has 1 aliphatic rings. The molecule has 1 fully saturated rings. The standard InChI is InChI=1S/C15H17F3N4OS/c1-10-20-21-14(24-10)22-6-2-3-11(8-22)9-23-12-4-5-19-13(7-12)15(16,17)18/h4-5,7,11H,2-3,6,8-9H2,1H3. The van der Waals surface area contributed by atoms with Gasteiger partial charge in [-0.25, -0.2) is 0 Å². The Morgan fingerprint density at radius 1 is 1.38 bits per heavy atom. The number of anilines is 1. The van der Waals surface area contributed by atoms with Gasteiger partial charge in [0, 0.05) is 31.3 Å². The highest BCUT2D eigenvalue weighted by Crippen LogP contribution is 2.30. The molecule has 130 valence electrons. The smallest absolute Gasteiger partial charge is 0.433 e. The van der Waals surface area contributed by atoms with Crippen LogP contribution < -0.4 is 9.64 Å². The second-order valence-corrected chi connectivity index (χ2v) is 6.90. The highest BCUT2D eigenvalue weighted by Gasteiger charge is 2.32. The van der Waals surface area contributed by atoms with Crippen LogP contribution in [0.4, 0.5) is 18.3 Å². The molecular formula is C15H17F3N4OS. The van der Waals surface area contributed by atoms with E-state index in [1.807, 2.05) is 6.92 Å². The van der Waals surface area contributed by atoms with E-state index in [-0.39, 0.29) is 11.7 Å². The van der Waals surface area contributed by atoms with Gasteiger partial charge >= 0.3 is 6.18 Å². The average molecular weight is 358 g/mol. The third-order valence-corrected chi connectivity index (χ3v) is 4.71. The molecule has 0 aromatic carbocycles. The Morgan fingerprint density at radius 3 is 2.92 bits per heavy atom. The van der Waals surface area contributed by atoms with Crippen molar-refractivity contribution in [2.45, 2.75) is 25.9 Å². The summed E-state index contributed by atoms with van der Waals surface area (Å²) < 4.78 is 43.6. The van der Waals surface area contributed by atoms with Gasteiger partial charge in [0.15, 0.2) is 0 Å². The minimum atomic E-state index is -4.46. The Bertz CT molecular complexity index is 691. The molecule has 0 spiro atoms. The van der Waals surface area contributed by atoms with Crippen LogP contribution in [0.15, 0.2) is 18.3 Å². The molecule has 0 aliphatic carbocycles. The second kappa shape index (κ2) is 6.92. The van der Waals surface area contributed by atoms with Crippen molar-refractivity contribution in [2.24, 2.45) is 5.92 Å². The monoisotopic (exact) mass is 358 g/mol. The van der Waals surface area contributed by atoms with Gasteiger partial charge in [-0.2, -0.15) is 13.2 Å². The number of halogens is 3. The summed E-state index contributed by atoms with van der Waals surface area (Å²) in [6.07, 6.45) is -1.37. The number of nitrogens with zero attached hydrogens (tertiary/aromatic N) is 4. The first kappa shape index (κ1) is 16.9. The van der Waals surface area contributed by atoms with E-state index in [4.69, 9.17) is 4.74 Å². The van der Waals surface area contributed by atoms with Crippen LogP contribution in [-0.4, -0.2) is 34.9 Å². The van der Waals surface area contributed by atoms with Crippen molar-refractivity contribution in [1.29, 1.82) is 0 Å². The maximum absolute atomic E-state index is 12.7. The Morgan fingerprint density at radius 2 is 2.21 bits per heavy atom. The van der Waals surface area contributed by atoms with Gasteiger partial charge in [-0.15, -0.1) is 10.2 Å². The zero-order valence-electron chi connectivity index (χ0n) is 13.1. The number of piperidine rings is 1. The zero-order chi connectivity index (χ0) is 17.2. The quantitative estimate of drug-likeness (QED) is 0.837. The summed E-state index contributed by atoms with van der Waals surface area (Å²) in [5.41, 5.74) is -0.936. The lowest BCUT2D eigenvalue weighted by molar-refractivity contribution is -0.141. The van der Waals surface area contributed by atoms with Crippen LogP contribution in [0.1, 0.15) is 23.5 Å². The molecular weight excluding hydrogens is 341 g/mol. The molecule has 0 bridgehead atoms. The maximum Gasteiger partial charge on any atom is 0.433 e. The Balaban J connectivity index is 1.58. The number of aryl methyl sites for hydroxylation is 1. The van der Waals surface area contributed by atoms with E-state index in [1.54, 1.807) is 11.3 Å². The van der Waals surface area contributed by atoms with Crippen LogP contribution in [0.2, 0.25) is 0 Å². The molecule has 1 unspecified atom stereocenters. The van der Waals surface area contributed by atoms with Gasteiger partial charge in [0.2, 0.25) is 5.13 Å². The summed E-state index contributed by atoms with van der Waals surface area (Å²) in [6, 6.07) is 2.39. The molecule has 3 heterocycles. The van der Waals surface area contributed by atoms with Gasteiger partial charge in [-0.1, -0.05) is 11.3 Å².